The number of nitrogens with zero attached hydrogens (tertiary/aromatic N) is 1. The quantitative estimate of drug-likeness (QED) is 0.662. The number of hydrogen-bond donors (Lipinski definition) is 1. The molecule has 2 rings (SSSR count). The maximum Gasteiger partial charge on any atom is 0.321 e. The molecule has 0 aliphatic heterocycles. The van der Waals surface area contributed by atoms with Crippen molar-refractivity contribution in [3.05, 3.63) is 16.1 Å². The number of ether oxygens (including phenoxy) is 1. The fraction of sp³-hybridized carbons (Fsp3) is 0.615. The van der Waals surface area contributed by atoms with Crippen LogP contribution >= 0.6 is 11.3 Å². The van der Waals surface area contributed by atoms with Gasteiger partial charge in [0.05, 0.1) is 13.2 Å². The van der Waals surface area contributed by atoms with Crippen molar-refractivity contribution in [2.75, 3.05) is 7.11 Å². The molecule has 19 heavy (non-hydrogen) atoms. The van der Waals surface area contributed by atoms with Gasteiger partial charge in [-0.3, -0.25) is 9.59 Å². The number of methoxy groups -OCH3 is 1. The molecule has 1 fully saturated rings. The summed E-state index contributed by atoms with van der Waals surface area (Å²) in [7, 11) is 1.32. The molecule has 0 aromatic carbocycles. The lowest BCUT2D eigenvalue weighted by atomic mass is 10.1. The first-order valence-corrected chi connectivity index (χ1v) is 7.17. The highest BCUT2D eigenvalue weighted by molar-refractivity contribution is 7.11. The second-order valence-corrected chi connectivity index (χ2v) is 6.08. The summed E-state index contributed by atoms with van der Waals surface area (Å²) in [5, 5.41) is 3.81. The Balaban J connectivity index is 2.07. The molecule has 1 atom stereocenters. The summed E-state index contributed by atoms with van der Waals surface area (Å²) in [4.78, 5) is 29.3. The molecule has 1 heterocycles. The van der Waals surface area contributed by atoms with Gasteiger partial charge in [0.25, 0.3) is 0 Å². The van der Waals surface area contributed by atoms with Crippen molar-refractivity contribution >= 4 is 23.2 Å². The SMILES string of the molecule is CCC(NC(=O)C1(C(=O)OC)CC1)c1ncc(C)s1. The Bertz CT molecular complexity index is 494. The maximum absolute atomic E-state index is 12.2. The van der Waals surface area contributed by atoms with E-state index in [4.69, 9.17) is 4.74 Å². The van der Waals surface area contributed by atoms with Crippen LogP contribution in [-0.2, 0) is 14.3 Å². The van der Waals surface area contributed by atoms with E-state index in [1.54, 1.807) is 17.5 Å². The van der Waals surface area contributed by atoms with Gasteiger partial charge >= 0.3 is 5.97 Å². The summed E-state index contributed by atoms with van der Waals surface area (Å²) in [6, 6.07) is -0.131. The largest absolute Gasteiger partial charge is 0.468 e. The molecule has 0 saturated heterocycles. The highest BCUT2D eigenvalue weighted by Gasteiger charge is 2.58. The van der Waals surface area contributed by atoms with E-state index < -0.39 is 11.4 Å². The van der Waals surface area contributed by atoms with Crippen LogP contribution < -0.4 is 5.32 Å². The van der Waals surface area contributed by atoms with Crippen LogP contribution in [0.3, 0.4) is 0 Å². The highest BCUT2D eigenvalue weighted by atomic mass is 32.1. The number of hydrogen-bond acceptors (Lipinski definition) is 5. The van der Waals surface area contributed by atoms with Gasteiger partial charge in [-0.1, -0.05) is 6.92 Å². The Kier molecular flexibility index (Phi) is 3.89. The Labute approximate surface area is 116 Å². The number of amides is 1. The first-order valence-electron chi connectivity index (χ1n) is 6.35. The Morgan fingerprint density at radius 2 is 2.26 bits per heavy atom. The number of aromatic nitrogens is 1. The third-order valence-electron chi connectivity index (χ3n) is 3.41. The van der Waals surface area contributed by atoms with Crippen LogP contribution in [0.1, 0.15) is 42.1 Å². The van der Waals surface area contributed by atoms with E-state index in [1.807, 2.05) is 13.8 Å². The normalized spacial score (nSPS) is 17.6. The van der Waals surface area contributed by atoms with Crippen LogP contribution in [0, 0.1) is 12.3 Å². The van der Waals surface area contributed by atoms with Gasteiger partial charge in [-0.05, 0) is 26.2 Å². The van der Waals surface area contributed by atoms with E-state index in [9.17, 15) is 9.59 Å². The van der Waals surface area contributed by atoms with Gasteiger partial charge in [0, 0.05) is 11.1 Å². The van der Waals surface area contributed by atoms with E-state index >= 15 is 0 Å². The van der Waals surface area contributed by atoms with Crippen LogP contribution in [0.5, 0.6) is 0 Å². The summed E-state index contributed by atoms with van der Waals surface area (Å²) in [6.45, 7) is 3.96. The standard InChI is InChI=1S/C13H18N2O3S/c1-4-9(10-14-7-8(2)19-10)15-11(16)13(5-6-13)12(17)18-3/h7,9H,4-6H2,1-3H3,(H,15,16). The van der Waals surface area contributed by atoms with Gasteiger partial charge in [-0.2, -0.15) is 0 Å². The Hall–Kier alpha value is -1.43. The van der Waals surface area contributed by atoms with Crippen molar-refractivity contribution in [3.63, 3.8) is 0 Å². The molecule has 1 aliphatic rings. The predicted octanol–water partition coefficient (Wildman–Crippen LogP) is 1.97. The zero-order valence-electron chi connectivity index (χ0n) is 11.4. The molecular weight excluding hydrogens is 264 g/mol. The Morgan fingerprint density at radius 3 is 2.68 bits per heavy atom. The molecule has 1 aliphatic carbocycles. The van der Waals surface area contributed by atoms with E-state index in [-0.39, 0.29) is 11.9 Å². The topological polar surface area (TPSA) is 68.3 Å². The molecule has 5 nitrogen and oxygen atoms in total. The predicted molar refractivity (Wildman–Crippen MR) is 71.7 cm³/mol. The number of esters is 1. The van der Waals surface area contributed by atoms with Crippen molar-refractivity contribution < 1.29 is 14.3 Å². The molecule has 0 radical (unpaired) electrons. The van der Waals surface area contributed by atoms with Crippen LogP contribution in [-0.4, -0.2) is 24.0 Å². The van der Waals surface area contributed by atoms with Gasteiger partial charge in [-0.25, -0.2) is 4.98 Å². The van der Waals surface area contributed by atoms with Crippen molar-refractivity contribution in [2.24, 2.45) is 5.41 Å². The molecule has 0 bridgehead atoms. The first kappa shape index (κ1) is 14.0. The van der Waals surface area contributed by atoms with Crippen molar-refractivity contribution in [2.45, 2.75) is 39.2 Å². The van der Waals surface area contributed by atoms with Crippen LogP contribution in [0.4, 0.5) is 0 Å². The van der Waals surface area contributed by atoms with Crippen LogP contribution in [0.25, 0.3) is 0 Å². The zero-order valence-corrected chi connectivity index (χ0v) is 12.2. The summed E-state index contributed by atoms with van der Waals surface area (Å²) >= 11 is 1.57. The summed E-state index contributed by atoms with van der Waals surface area (Å²) in [6.07, 6.45) is 3.68. The number of carbonyl (C=O) groups excluding carboxylic acids is 2. The monoisotopic (exact) mass is 282 g/mol. The van der Waals surface area contributed by atoms with Crippen molar-refractivity contribution in [3.8, 4) is 0 Å². The minimum Gasteiger partial charge on any atom is -0.468 e. The second-order valence-electron chi connectivity index (χ2n) is 4.82. The van der Waals surface area contributed by atoms with E-state index in [0.29, 0.717) is 12.8 Å². The Morgan fingerprint density at radius 1 is 1.58 bits per heavy atom. The van der Waals surface area contributed by atoms with Crippen molar-refractivity contribution in [1.29, 1.82) is 0 Å². The van der Waals surface area contributed by atoms with Crippen LogP contribution in [0.15, 0.2) is 6.20 Å². The minimum atomic E-state index is -0.950. The van der Waals surface area contributed by atoms with Gasteiger partial charge in [0.15, 0.2) is 0 Å². The van der Waals surface area contributed by atoms with E-state index in [2.05, 4.69) is 10.3 Å². The number of thiazole rings is 1. The van der Waals surface area contributed by atoms with Gasteiger partial charge in [0.1, 0.15) is 10.4 Å². The zero-order chi connectivity index (χ0) is 14.0. The molecule has 1 saturated carbocycles. The average molecular weight is 282 g/mol. The molecule has 1 aromatic heterocycles. The molecule has 1 unspecified atom stereocenters. The third-order valence-corrected chi connectivity index (χ3v) is 4.44. The van der Waals surface area contributed by atoms with Gasteiger partial charge in [-0.15, -0.1) is 11.3 Å². The van der Waals surface area contributed by atoms with Gasteiger partial charge < -0.3 is 10.1 Å². The average Bonchev–Trinajstić information content (AvgIpc) is 3.12. The van der Waals surface area contributed by atoms with E-state index in [0.717, 1.165) is 16.3 Å². The van der Waals surface area contributed by atoms with Gasteiger partial charge in [0.2, 0.25) is 5.91 Å². The second kappa shape index (κ2) is 5.28. The lowest BCUT2D eigenvalue weighted by Gasteiger charge is -2.18. The molecule has 6 heteroatoms. The minimum absolute atomic E-state index is 0.131. The maximum atomic E-state index is 12.2. The summed E-state index contributed by atoms with van der Waals surface area (Å²) in [5.74, 6) is -0.672. The molecule has 1 aromatic rings. The van der Waals surface area contributed by atoms with Crippen LogP contribution in [0.2, 0.25) is 0 Å². The smallest absolute Gasteiger partial charge is 0.321 e. The molecule has 104 valence electrons. The van der Waals surface area contributed by atoms with E-state index in [1.165, 1.54) is 7.11 Å². The fourth-order valence-electron chi connectivity index (χ4n) is 2.01. The first-order chi connectivity index (χ1) is 9.03. The lowest BCUT2D eigenvalue weighted by Crippen LogP contribution is -2.39. The summed E-state index contributed by atoms with van der Waals surface area (Å²) < 4.78 is 4.71. The molecule has 1 N–H and O–H groups in total. The molecular formula is C13H18N2O3S. The number of nitrogens with one attached hydrogen (secondary N) is 1. The molecule has 0 spiro atoms. The fourth-order valence-corrected chi connectivity index (χ4v) is 2.92. The number of carbonyl (C=O) groups is 2. The number of rotatable bonds is 5. The highest BCUT2D eigenvalue weighted by Crippen LogP contribution is 2.47. The lowest BCUT2D eigenvalue weighted by molar-refractivity contribution is -0.152. The number of aryl methyl sites for hydroxylation is 1. The third kappa shape index (κ3) is 2.63. The molecule has 1 amide bonds. The summed E-state index contributed by atoms with van der Waals surface area (Å²) in [5.41, 5.74) is -0.950. The van der Waals surface area contributed by atoms with Crippen molar-refractivity contribution in [1.82, 2.24) is 10.3 Å².